The number of amides is 1. The van der Waals surface area contributed by atoms with Crippen LogP contribution in [0.5, 0.6) is 0 Å². The lowest BCUT2D eigenvalue weighted by atomic mass is 9.99. The van der Waals surface area contributed by atoms with Crippen molar-refractivity contribution in [2.24, 2.45) is 22.5 Å². The lowest BCUT2D eigenvalue weighted by Crippen LogP contribution is -2.50. The summed E-state index contributed by atoms with van der Waals surface area (Å²) in [7, 11) is 1.77. The van der Waals surface area contributed by atoms with Gasteiger partial charge in [0.1, 0.15) is 0 Å². The quantitative estimate of drug-likeness (QED) is 0.111. The molecule has 0 aromatic heterocycles. The largest absolute Gasteiger partial charge is 0.335 e. The van der Waals surface area contributed by atoms with Crippen LogP contribution in [0.1, 0.15) is 63.0 Å². The van der Waals surface area contributed by atoms with E-state index in [1.807, 2.05) is 0 Å². The van der Waals surface area contributed by atoms with E-state index >= 15 is 0 Å². The number of likely N-dealkylation sites (N-methyl/N-ethyl adjacent to an activating group) is 1. The molecule has 2 rings (SSSR count). The zero-order valence-electron chi connectivity index (χ0n) is 20.8. The summed E-state index contributed by atoms with van der Waals surface area (Å²) in [5.74, 6) is 11.5. The van der Waals surface area contributed by atoms with E-state index in [-0.39, 0.29) is 11.9 Å². The van der Waals surface area contributed by atoms with Crippen molar-refractivity contribution in [2.45, 2.75) is 70.8 Å². The molecule has 0 unspecified atom stereocenters. The maximum atomic E-state index is 12.9. The first-order valence-electron chi connectivity index (χ1n) is 12.4. The van der Waals surface area contributed by atoms with Gasteiger partial charge in [0, 0.05) is 13.5 Å². The molecule has 1 atom stereocenters. The molecule has 0 radical (unpaired) electrons. The Labute approximate surface area is 204 Å². The van der Waals surface area contributed by atoms with Gasteiger partial charge in [-0.15, -0.1) is 0 Å². The van der Waals surface area contributed by atoms with Crippen molar-refractivity contribution in [1.29, 1.82) is 0 Å². The average molecular weight is 467 g/mol. The highest BCUT2D eigenvalue weighted by molar-refractivity contribution is 5.90. The first-order chi connectivity index (χ1) is 16.5. The average Bonchev–Trinajstić information content (AvgIpc) is 2.87. The zero-order valence-corrected chi connectivity index (χ0v) is 20.8. The van der Waals surface area contributed by atoms with Crippen molar-refractivity contribution in [3.63, 3.8) is 0 Å². The molecular formula is C27H42N6O. The minimum atomic E-state index is -0.290. The Bertz CT molecular complexity index is 879. The fourth-order valence-corrected chi connectivity index (χ4v) is 4.12. The van der Waals surface area contributed by atoms with Crippen LogP contribution in [-0.4, -0.2) is 36.3 Å². The molecule has 0 heterocycles. The van der Waals surface area contributed by atoms with Crippen LogP contribution in [0.3, 0.4) is 0 Å². The second kappa shape index (κ2) is 15.1. The van der Waals surface area contributed by atoms with Crippen molar-refractivity contribution < 1.29 is 4.79 Å². The number of hydrogen-bond donors (Lipinski definition) is 4. The monoisotopic (exact) mass is 466 g/mol. The molecule has 0 saturated carbocycles. The molecule has 0 bridgehead atoms. The van der Waals surface area contributed by atoms with E-state index < -0.39 is 0 Å². The summed E-state index contributed by atoms with van der Waals surface area (Å²) in [6.45, 7) is 2.84. The van der Waals surface area contributed by atoms with Crippen molar-refractivity contribution in [3.8, 4) is 11.1 Å². The van der Waals surface area contributed by atoms with Gasteiger partial charge in [0.25, 0.3) is 0 Å². The third-order valence-electron chi connectivity index (χ3n) is 6.33. The molecule has 2 aromatic carbocycles. The fourth-order valence-electron chi connectivity index (χ4n) is 4.12. The van der Waals surface area contributed by atoms with Crippen LogP contribution >= 0.6 is 0 Å². The highest BCUT2D eigenvalue weighted by Gasteiger charge is 2.24. The van der Waals surface area contributed by atoms with Gasteiger partial charge in [-0.2, -0.15) is 5.10 Å². The van der Waals surface area contributed by atoms with E-state index in [0.29, 0.717) is 31.6 Å². The van der Waals surface area contributed by atoms with Gasteiger partial charge in [-0.1, -0.05) is 68.3 Å². The van der Waals surface area contributed by atoms with Crippen molar-refractivity contribution in [3.05, 3.63) is 59.7 Å². The van der Waals surface area contributed by atoms with Gasteiger partial charge in [-0.3, -0.25) is 4.79 Å². The summed E-state index contributed by atoms with van der Waals surface area (Å²) < 4.78 is 0. The minimum absolute atomic E-state index is 0.0249. The smallest absolute Gasteiger partial charge is 0.223 e. The number of carbonyl (C=O) groups is 1. The molecule has 34 heavy (non-hydrogen) atoms. The van der Waals surface area contributed by atoms with E-state index in [4.69, 9.17) is 17.4 Å². The predicted molar refractivity (Wildman–Crippen MR) is 142 cm³/mol. The third kappa shape index (κ3) is 8.47. The van der Waals surface area contributed by atoms with Gasteiger partial charge >= 0.3 is 0 Å². The Hall–Kier alpha value is -2.90. The Morgan fingerprint density at radius 3 is 2.03 bits per heavy atom. The maximum absolute atomic E-state index is 12.9. The highest BCUT2D eigenvalue weighted by Crippen LogP contribution is 2.22. The molecule has 0 spiro atoms. The SMILES string of the molecule is CCCCCc1ccc(-c2ccc(CCC(=O)N(C)[C@@H](CCCCN)/C(=N/N)NN)cc2)cc1. The molecule has 0 fully saturated rings. The molecule has 0 aliphatic rings. The first-order valence-corrected chi connectivity index (χ1v) is 12.4. The number of aryl methyl sites for hydroxylation is 2. The second-order valence-electron chi connectivity index (χ2n) is 8.81. The molecule has 0 saturated heterocycles. The number of hydrazine groups is 1. The van der Waals surface area contributed by atoms with E-state index in [1.165, 1.54) is 36.0 Å². The van der Waals surface area contributed by atoms with Crippen LogP contribution < -0.4 is 22.8 Å². The number of rotatable bonds is 14. The predicted octanol–water partition coefficient (Wildman–Crippen LogP) is 3.71. The normalized spacial score (nSPS) is 12.4. The van der Waals surface area contributed by atoms with Crippen molar-refractivity contribution in [1.82, 2.24) is 10.3 Å². The number of carbonyl (C=O) groups excluding carboxylic acids is 1. The minimum Gasteiger partial charge on any atom is -0.335 e. The number of nitrogens with one attached hydrogen (secondary N) is 1. The summed E-state index contributed by atoms with van der Waals surface area (Å²) in [6.07, 6.45) is 8.41. The molecule has 0 aliphatic heterocycles. The summed E-state index contributed by atoms with van der Waals surface area (Å²) in [5, 5.41) is 3.73. The Balaban J connectivity index is 1.93. The summed E-state index contributed by atoms with van der Waals surface area (Å²) in [5.41, 5.74) is 13.1. The number of hydrogen-bond acceptors (Lipinski definition) is 5. The van der Waals surface area contributed by atoms with Crippen LogP contribution in [0.2, 0.25) is 0 Å². The van der Waals surface area contributed by atoms with E-state index in [1.54, 1.807) is 11.9 Å². The molecular weight excluding hydrogens is 424 g/mol. The van der Waals surface area contributed by atoms with Crippen LogP contribution in [0.25, 0.3) is 11.1 Å². The topological polar surface area (TPSA) is 123 Å². The lowest BCUT2D eigenvalue weighted by Gasteiger charge is -2.29. The number of nitrogens with zero attached hydrogens (tertiary/aromatic N) is 2. The van der Waals surface area contributed by atoms with Gasteiger partial charge in [0.2, 0.25) is 5.91 Å². The molecule has 1 amide bonds. The van der Waals surface area contributed by atoms with E-state index in [2.05, 4.69) is 66.0 Å². The molecule has 7 nitrogen and oxygen atoms in total. The molecule has 2 aromatic rings. The lowest BCUT2D eigenvalue weighted by molar-refractivity contribution is -0.130. The number of amidine groups is 1. The zero-order chi connectivity index (χ0) is 24.8. The number of benzene rings is 2. The molecule has 0 aliphatic carbocycles. The Morgan fingerprint density at radius 2 is 1.53 bits per heavy atom. The van der Waals surface area contributed by atoms with Crippen LogP contribution in [-0.2, 0) is 17.6 Å². The number of nitrogens with two attached hydrogens (primary N) is 3. The van der Waals surface area contributed by atoms with E-state index in [9.17, 15) is 4.79 Å². The van der Waals surface area contributed by atoms with Gasteiger partial charge in [0.15, 0.2) is 5.84 Å². The number of unbranched alkanes of at least 4 members (excludes halogenated alkanes) is 3. The summed E-state index contributed by atoms with van der Waals surface area (Å²) >= 11 is 0. The van der Waals surface area contributed by atoms with Crippen LogP contribution in [0, 0.1) is 0 Å². The molecule has 186 valence electrons. The van der Waals surface area contributed by atoms with Crippen LogP contribution in [0.15, 0.2) is 53.6 Å². The van der Waals surface area contributed by atoms with Gasteiger partial charge < -0.3 is 21.9 Å². The highest BCUT2D eigenvalue weighted by atomic mass is 16.2. The van der Waals surface area contributed by atoms with Gasteiger partial charge in [-0.25, -0.2) is 5.84 Å². The molecule has 7 heteroatoms. The van der Waals surface area contributed by atoms with Crippen LogP contribution in [0.4, 0.5) is 0 Å². The Morgan fingerprint density at radius 1 is 0.941 bits per heavy atom. The third-order valence-corrected chi connectivity index (χ3v) is 6.33. The van der Waals surface area contributed by atoms with Gasteiger partial charge in [-0.05, 0) is 67.3 Å². The maximum Gasteiger partial charge on any atom is 0.223 e. The summed E-state index contributed by atoms with van der Waals surface area (Å²) in [6, 6.07) is 17.0. The standard InChI is InChI=1S/C27H42N6O/c1-3-4-5-8-21-10-15-23(16-11-21)24-17-12-22(13-18-24)14-19-26(34)33(2)25(9-6-7-20-28)27(31-29)32-30/h10-13,15-18,25H,3-9,14,19-20,28-30H2,1-2H3,(H,31,32)/t25-/m0/s1. The van der Waals surface area contributed by atoms with Gasteiger partial charge in [0.05, 0.1) is 6.04 Å². The summed E-state index contributed by atoms with van der Waals surface area (Å²) in [4.78, 5) is 14.6. The van der Waals surface area contributed by atoms with Crippen molar-refractivity contribution >= 4 is 11.7 Å². The molecule has 7 N–H and O–H groups in total. The first kappa shape index (κ1) is 27.3. The van der Waals surface area contributed by atoms with Crippen molar-refractivity contribution in [2.75, 3.05) is 13.6 Å². The Kier molecular flexibility index (Phi) is 12.1. The number of hydrazone groups is 1. The second-order valence-corrected chi connectivity index (χ2v) is 8.81. The fraction of sp³-hybridized carbons (Fsp3) is 0.481. The van der Waals surface area contributed by atoms with E-state index in [0.717, 1.165) is 24.8 Å².